The van der Waals surface area contributed by atoms with E-state index in [9.17, 15) is 9.59 Å². The second kappa shape index (κ2) is 7.33. The zero-order chi connectivity index (χ0) is 19.8. The summed E-state index contributed by atoms with van der Waals surface area (Å²) < 4.78 is 5.29. The Balaban J connectivity index is 1.55. The van der Waals surface area contributed by atoms with Crippen LogP contribution in [0, 0.1) is 0 Å². The predicted molar refractivity (Wildman–Crippen MR) is 100 cm³/mol. The van der Waals surface area contributed by atoms with E-state index < -0.39 is 0 Å². The summed E-state index contributed by atoms with van der Waals surface area (Å²) in [6, 6.07) is 1.57. The second-order valence-corrected chi connectivity index (χ2v) is 7.82. The van der Waals surface area contributed by atoms with Gasteiger partial charge in [-0.1, -0.05) is 19.0 Å². The van der Waals surface area contributed by atoms with Crippen LogP contribution in [0.1, 0.15) is 78.9 Å². The molecule has 4 rings (SSSR count). The maximum Gasteiger partial charge on any atom is 0.293 e. The summed E-state index contributed by atoms with van der Waals surface area (Å²) in [6.07, 6.45) is 4.25. The van der Waals surface area contributed by atoms with Crippen LogP contribution < -0.4 is 0 Å². The molecule has 0 radical (unpaired) electrons. The van der Waals surface area contributed by atoms with Gasteiger partial charge in [0.05, 0.1) is 17.4 Å². The Hall–Kier alpha value is -2.77. The lowest BCUT2D eigenvalue weighted by molar-refractivity contribution is -0.129. The highest BCUT2D eigenvalue weighted by Crippen LogP contribution is 2.32. The lowest BCUT2D eigenvalue weighted by atomic mass is 10.1. The van der Waals surface area contributed by atoms with Gasteiger partial charge in [0.2, 0.25) is 11.7 Å². The summed E-state index contributed by atoms with van der Waals surface area (Å²) in [7, 11) is 0. The molecule has 4 heterocycles. The number of aromatic nitrogens is 3. The van der Waals surface area contributed by atoms with Crippen molar-refractivity contribution in [1.82, 2.24) is 24.9 Å². The third-order valence-corrected chi connectivity index (χ3v) is 5.54. The SMILES string of the molecule is CC(=O)N1CCc2nc([C@@H]3CCCN3C(=O)c3cc(C(C)C)no3)ncc2C1. The van der Waals surface area contributed by atoms with Crippen LogP contribution >= 0.6 is 0 Å². The van der Waals surface area contributed by atoms with E-state index in [0.29, 0.717) is 31.9 Å². The highest BCUT2D eigenvalue weighted by molar-refractivity contribution is 5.92. The second-order valence-electron chi connectivity index (χ2n) is 7.82. The largest absolute Gasteiger partial charge is 0.351 e. The van der Waals surface area contributed by atoms with E-state index in [1.165, 1.54) is 0 Å². The number of hydrogen-bond donors (Lipinski definition) is 0. The number of carbonyl (C=O) groups excluding carboxylic acids is 2. The molecule has 1 fully saturated rings. The van der Waals surface area contributed by atoms with Crippen molar-refractivity contribution in [2.75, 3.05) is 13.1 Å². The van der Waals surface area contributed by atoms with E-state index in [4.69, 9.17) is 9.51 Å². The van der Waals surface area contributed by atoms with Crippen LogP contribution in [0.5, 0.6) is 0 Å². The van der Waals surface area contributed by atoms with Crippen molar-refractivity contribution >= 4 is 11.8 Å². The van der Waals surface area contributed by atoms with Crippen LogP contribution in [0.2, 0.25) is 0 Å². The van der Waals surface area contributed by atoms with Crippen molar-refractivity contribution in [2.45, 2.75) is 58.5 Å². The third kappa shape index (κ3) is 3.39. The van der Waals surface area contributed by atoms with Crippen molar-refractivity contribution < 1.29 is 14.1 Å². The number of likely N-dealkylation sites (tertiary alicyclic amines) is 1. The monoisotopic (exact) mass is 383 g/mol. The number of carbonyl (C=O) groups is 2. The number of amides is 2. The van der Waals surface area contributed by atoms with Crippen LogP contribution in [-0.4, -0.2) is 49.8 Å². The van der Waals surface area contributed by atoms with Crippen LogP contribution in [0.4, 0.5) is 0 Å². The van der Waals surface area contributed by atoms with Crippen molar-refractivity contribution in [3.63, 3.8) is 0 Å². The molecule has 8 heteroatoms. The summed E-state index contributed by atoms with van der Waals surface area (Å²) in [5.41, 5.74) is 2.74. The Morgan fingerprint density at radius 2 is 2.11 bits per heavy atom. The molecular weight excluding hydrogens is 358 g/mol. The number of nitrogens with zero attached hydrogens (tertiary/aromatic N) is 5. The van der Waals surface area contributed by atoms with Crippen LogP contribution in [-0.2, 0) is 17.8 Å². The molecule has 1 saturated heterocycles. The van der Waals surface area contributed by atoms with Gasteiger partial charge in [-0.25, -0.2) is 9.97 Å². The van der Waals surface area contributed by atoms with Gasteiger partial charge >= 0.3 is 0 Å². The average molecular weight is 383 g/mol. The first kappa shape index (κ1) is 18.6. The summed E-state index contributed by atoms with van der Waals surface area (Å²) in [6.45, 7) is 7.48. The predicted octanol–water partition coefficient (Wildman–Crippen LogP) is 2.47. The molecule has 0 aromatic carbocycles. The molecule has 0 N–H and O–H groups in total. The highest BCUT2D eigenvalue weighted by Gasteiger charge is 2.35. The topological polar surface area (TPSA) is 92.4 Å². The minimum Gasteiger partial charge on any atom is -0.351 e. The van der Waals surface area contributed by atoms with Gasteiger partial charge in [0.25, 0.3) is 5.91 Å². The molecule has 8 nitrogen and oxygen atoms in total. The molecule has 148 valence electrons. The van der Waals surface area contributed by atoms with Crippen molar-refractivity contribution in [3.05, 3.63) is 40.8 Å². The Morgan fingerprint density at radius 3 is 2.82 bits per heavy atom. The lowest BCUT2D eigenvalue weighted by Gasteiger charge is -2.28. The van der Waals surface area contributed by atoms with Gasteiger partial charge < -0.3 is 14.3 Å². The molecule has 2 aliphatic rings. The van der Waals surface area contributed by atoms with E-state index in [1.807, 2.05) is 13.8 Å². The fourth-order valence-corrected chi connectivity index (χ4v) is 3.84. The fourth-order valence-electron chi connectivity index (χ4n) is 3.84. The van der Waals surface area contributed by atoms with Crippen LogP contribution in [0.25, 0.3) is 0 Å². The number of hydrogen-bond acceptors (Lipinski definition) is 6. The Labute approximate surface area is 163 Å². The van der Waals surface area contributed by atoms with Gasteiger partial charge in [0.15, 0.2) is 5.82 Å². The molecule has 0 spiro atoms. The van der Waals surface area contributed by atoms with Gasteiger partial charge in [-0.2, -0.15) is 0 Å². The van der Waals surface area contributed by atoms with Crippen LogP contribution in [0.3, 0.4) is 0 Å². The average Bonchev–Trinajstić information content (AvgIpc) is 3.36. The Kier molecular flexibility index (Phi) is 4.87. The van der Waals surface area contributed by atoms with Crippen molar-refractivity contribution in [1.29, 1.82) is 0 Å². The quantitative estimate of drug-likeness (QED) is 0.808. The molecule has 2 aromatic rings. The van der Waals surface area contributed by atoms with Crippen molar-refractivity contribution in [3.8, 4) is 0 Å². The fraction of sp³-hybridized carbons (Fsp3) is 0.550. The standard InChI is InChI=1S/C20H25N5O3/c1-12(2)16-9-18(28-23-16)20(27)25-7-4-5-17(25)19-21-10-14-11-24(13(3)26)8-6-15(14)22-19/h9-10,12,17H,4-8,11H2,1-3H3/t17-/m0/s1. The first-order chi connectivity index (χ1) is 13.4. The maximum atomic E-state index is 13.0. The van der Waals surface area contributed by atoms with Gasteiger partial charge in [-0.15, -0.1) is 0 Å². The smallest absolute Gasteiger partial charge is 0.293 e. The van der Waals surface area contributed by atoms with E-state index >= 15 is 0 Å². The summed E-state index contributed by atoms with van der Waals surface area (Å²) in [5.74, 6) is 1.05. The zero-order valence-electron chi connectivity index (χ0n) is 16.5. The van der Waals surface area contributed by atoms with E-state index in [2.05, 4.69) is 10.1 Å². The third-order valence-electron chi connectivity index (χ3n) is 5.54. The molecule has 2 aromatic heterocycles. The molecular formula is C20H25N5O3. The minimum atomic E-state index is -0.161. The molecule has 0 aliphatic carbocycles. The molecule has 1 atom stereocenters. The molecule has 0 bridgehead atoms. The maximum absolute atomic E-state index is 13.0. The zero-order valence-corrected chi connectivity index (χ0v) is 16.5. The minimum absolute atomic E-state index is 0.0649. The molecule has 0 unspecified atom stereocenters. The van der Waals surface area contributed by atoms with E-state index in [1.54, 1.807) is 29.0 Å². The number of rotatable bonds is 3. The molecule has 2 aliphatic heterocycles. The normalized spacial score (nSPS) is 19.2. The first-order valence-corrected chi connectivity index (χ1v) is 9.82. The molecule has 0 saturated carbocycles. The highest BCUT2D eigenvalue weighted by atomic mass is 16.5. The van der Waals surface area contributed by atoms with E-state index in [0.717, 1.165) is 29.8 Å². The summed E-state index contributed by atoms with van der Waals surface area (Å²) >= 11 is 0. The van der Waals surface area contributed by atoms with Gasteiger partial charge in [-0.05, 0) is 18.8 Å². The van der Waals surface area contributed by atoms with Crippen molar-refractivity contribution in [2.24, 2.45) is 0 Å². The molecule has 2 amide bonds. The van der Waals surface area contributed by atoms with Gasteiger partial charge in [0, 0.05) is 50.8 Å². The Bertz CT molecular complexity index is 907. The summed E-state index contributed by atoms with van der Waals surface area (Å²) in [5, 5.41) is 4.00. The van der Waals surface area contributed by atoms with E-state index in [-0.39, 0.29) is 29.5 Å². The number of fused-ring (bicyclic) bond motifs is 1. The van der Waals surface area contributed by atoms with Gasteiger partial charge in [0.1, 0.15) is 0 Å². The first-order valence-electron chi connectivity index (χ1n) is 9.82. The van der Waals surface area contributed by atoms with Crippen LogP contribution in [0.15, 0.2) is 16.8 Å². The van der Waals surface area contributed by atoms with Gasteiger partial charge in [-0.3, -0.25) is 9.59 Å². The lowest BCUT2D eigenvalue weighted by Crippen LogP contribution is -2.36. The summed E-state index contributed by atoms with van der Waals surface area (Å²) in [4.78, 5) is 37.5. The molecule has 28 heavy (non-hydrogen) atoms. The Morgan fingerprint density at radius 1 is 1.29 bits per heavy atom.